The highest BCUT2D eigenvalue weighted by Crippen LogP contribution is 2.41. The number of thiazole rings is 1. The number of allylic oxidation sites excluding steroid dienone is 1. The van der Waals surface area contributed by atoms with Crippen LogP contribution in [-0.4, -0.2) is 48.4 Å². The Morgan fingerprint density at radius 3 is 2.32 bits per heavy atom. The van der Waals surface area contributed by atoms with E-state index in [9.17, 15) is 14.4 Å². The molecule has 0 radical (unpaired) electrons. The van der Waals surface area contributed by atoms with E-state index in [1.54, 1.807) is 40.0 Å². The molecular formula is C25H28N2O6S. The lowest BCUT2D eigenvalue weighted by Crippen LogP contribution is -2.36. The van der Waals surface area contributed by atoms with Crippen molar-refractivity contribution in [2.24, 2.45) is 10.9 Å². The largest absolute Gasteiger partial charge is 0.465 e. The summed E-state index contributed by atoms with van der Waals surface area (Å²) in [5.74, 6) is -2.86. The Morgan fingerprint density at radius 2 is 1.65 bits per heavy atom. The number of carbonyl (C=O) groups is 3. The van der Waals surface area contributed by atoms with Crippen LogP contribution in [0.15, 0.2) is 45.9 Å². The van der Waals surface area contributed by atoms with Crippen LogP contribution in [0.5, 0.6) is 0 Å². The van der Waals surface area contributed by atoms with Gasteiger partial charge in [0, 0.05) is 28.3 Å². The van der Waals surface area contributed by atoms with E-state index < -0.39 is 29.7 Å². The number of rotatable bonds is 8. The minimum Gasteiger partial charge on any atom is -0.465 e. The van der Waals surface area contributed by atoms with Crippen molar-refractivity contribution in [2.75, 3.05) is 19.8 Å². The quantitative estimate of drug-likeness (QED) is 0.399. The Balaban J connectivity index is 2.10. The highest BCUT2D eigenvalue weighted by molar-refractivity contribution is 7.13. The minimum atomic E-state index is -0.773. The van der Waals surface area contributed by atoms with Crippen LogP contribution in [0.25, 0.3) is 10.6 Å². The second-order valence-corrected chi connectivity index (χ2v) is 8.42. The van der Waals surface area contributed by atoms with Crippen molar-refractivity contribution in [1.82, 2.24) is 4.98 Å². The van der Waals surface area contributed by atoms with Gasteiger partial charge in [0.2, 0.25) is 0 Å². The first kappa shape index (κ1) is 25.3. The zero-order valence-corrected chi connectivity index (χ0v) is 20.7. The van der Waals surface area contributed by atoms with Gasteiger partial charge in [0.1, 0.15) is 10.9 Å². The first-order chi connectivity index (χ1) is 16.3. The van der Waals surface area contributed by atoms with Crippen LogP contribution in [-0.2, 0) is 23.8 Å². The Hall–Kier alpha value is -3.33. The second kappa shape index (κ2) is 11.2. The molecule has 9 heteroatoms. The van der Waals surface area contributed by atoms with E-state index in [1.807, 2.05) is 24.3 Å². The number of ether oxygens (including phenoxy) is 3. The zero-order chi connectivity index (χ0) is 24.8. The van der Waals surface area contributed by atoms with Crippen molar-refractivity contribution in [3.05, 3.63) is 52.2 Å². The van der Waals surface area contributed by atoms with Gasteiger partial charge in [-0.1, -0.05) is 18.2 Å². The first-order valence-corrected chi connectivity index (χ1v) is 12.0. The summed E-state index contributed by atoms with van der Waals surface area (Å²) in [5, 5.41) is 2.27. The third-order valence-electron chi connectivity index (χ3n) is 5.35. The molecule has 2 unspecified atom stereocenters. The fourth-order valence-corrected chi connectivity index (χ4v) is 4.77. The van der Waals surface area contributed by atoms with Crippen LogP contribution in [0, 0.1) is 5.92 Å². The molecule has 1 aliphatic rings. The minimum absolute atomic E-state index is 0.199. The molecule has 2 atom stereocenters. The number of hydrogen-bond acceptors (Lipinski definition) is 9. The summed E-state index contributed by atoms with van der Waals surface area (Å²) < 4.78 is 15.7. The maximum atomic E-state index is 13.0. The highest BCUT2D eigenvalue weighted by atomic mass is 32.1. The van der Waals surface area contributed by atoms with E-state index in [4.69, 9.17) is 14.2 Å². The molecule has 34 heavy (non-hydrogen) atoms. The second-order valence-electron chi connectivity index (χ2n) is 7.56. The van der Waals surface area contributed by atoms with Crippen LogP contribution in [0.2, 0.25) is 0 Å². The Labute approximate surface area is 202 Å². The Kier molecular flexibility index (Phi) is 8.33. The third-order valence-corrected chi connectivity index (χ3v) is 6.24. The molecule has 0 fully saturated rings. The van der Waals surface area contributed by atoms with E-state index in [-0.39, 0.29) is 25.5 Å². The lowest BCUT2D eigenvalue weighted by molar-refractivity contribution is -0.146. The van der Waals surface area contributed by atoms with E-state index in [0.717, 1.165) is 11.1 Å². The van der Waals surface area contributed by atoms with Gasteiger partial charge in [-0.15, -0.1) is 11.3 Å². The van der Waals surface area contributed by atoms with Gasteiger partial charge in [0.25, 0.3) is 0 Å². The van der Waals surface area contributed by atoms with Gasteiger partial charge in [0.05, 0.1) is 25.4 Å². The van der Waals surface area contributed by atoms with Crippen LogP contribution < -0.4 is 0 Å². The molecule has 1 aromatic carbocycles. The molecule has 0 aliphatic carbocycles. The summed E-state index contributed by atoms with van der Waals surface area (Å²) in [6, 6.07) is 7.42. The number of benzene rings is 1. The molecule has 0 amide bonds. The van der Waals surface area contributed by atoms with Crippen LogP contribution in [0.3, 0.4) is 0 Å². The number of esters is 3. The zero-order valence-electron chi connectivity index (χ0n) is 19.9. The predicted molar refractivity (Wildman–Crippen MR) is 129 cm³/mol. The SMILES string of the molecule is CCOC(=O)C1=C(C)N=C(C)C(C(=O)OCC)C1c1cccc(-c2nc(C(=O)OCC)cs2)c1. The molecule has 3 rings (SSSR count). The molecule has 1 aromatic heterocycles. The van der Waals surface area contributed by atoms with Crippen molar-refractivity contribution in [1.29, 1.82) is 0 Å². The maximum Gasteiger partial charge on any atom is 0.357 e. The summed E-state index contributed by atoms with van der Waals surface area (Å²) in [6.45, 7) is 9.37. The van der Waals surface area contributed by atoms with Gasteiger partial charge >= 0.3 is 17.9 Å². The fourth-order valence-electron chi connectivity index (χ4n) is 3.98. The smallest absolute Gasteiger partial charge is 0.357 e. The van der Waals surface area contributed by atoms with Crippen molar-refractivity contribution in [2.45, 2.75) is 40.5 Å². The van der Waals surface area contributed by atoms with E-state index >= 15 is 0 Å². The summed E-state index contributed by atoms with van der Waals surface area (Å²) >= 11 is 1.31. The van der Waals surface area contributed by atoms with Crippen molar-refractivity contribution < 1.29 is 28.6 Å². The van der Waals surface area contributed by atoms with Gasteiger partial charge in [-0.3, -0.25) is 9.79 Å². The lowest BCUT2D eigenvalue weighted by atomic mass is 9.75. The van der Waals surface area contributed by atoms with E-state index in [1.165, 1.54) is 11.3 Å². The van der Waals surface area contributed by atoms with Crippen molar-refractivity contribution >= 4 is 35.0 Å². The van der Waals surface area contributed by atoms with Gasteiger partial charge in [-0.25, -0.2) is 14.6 Å². The lowest BCUT2D eigenvalue weighted by Gasteiger charge is -2.31. The molecule has 2 aromatic rings. The van der Waals surface area contributed by atoms with Crippen LogP contribution >= 0.6 is 11.3 Å². The molecule has 0 saturated carbocycles. The van der Waals surface area contributed by atoms with Gasteiger partial charge < -0.3 is 14.2 Å². The monoisotopic (exact) mass is 484 g/mol. The predicted octanol–water partition coefficient (Wildman–Crippen LogP) is 4.56. The molecule has 2 heterocycles. The van der Waals surface area contributed by atoms with Gasteiger partial charge in [-0.2, -0.15) is 0 Å². The number of hydrogen-bond donors (Lipinski definition) is 0. The molecule has 8 nitrogen and oxygen atoms in total. The van der Waals surface area contributed by atoms with Crippen LogP contribution in [0.4, 0.5) is 0 Å². The average Bonchev–Trinajstić information content (AvgIpc) is 3.29. The highest BCUT2D eigenvalue weighted by Gasteiger charge is 2.42. The fraction of sp³-hybridized carbons (Fsp3) is 0.400. The van der Waals surface area contributed by atoms with Crippen molar-refractivity contribution in [3.63, 3.8) is 0 Å². The van der Waals surface area contributed by atoms with E-state index in [2.05, 4.69) is 9.98 Å². The number of carbonyl (C=O) groups excluding carboxylic acids is 3. The molecule has 1 aliphatic heterocycles. The molecular weight excluding hydrogens is 456 g/mol. The average molecular weight is 485 g/mol. The summed E-state index contributed by atoms with van der Waals surface area (Å²) in [7, 11) is 0. The maximum absolute atomic E-state index is 13.0. The molecule has 180 valence electrons. The summed E-state index contributed by atoms with van der Waals surface area (Å²) in [6.07, 6.45) is 0. The molecule has 0 saturated heterocycles. The molecule has 0 spiro atoms. The summed E-state index contributed by atoms with van der Waals surface area (Å²) in [5.41, 5.74) is 3.11. The Bertz CT molecular complexity index is 1150. The number of aliphatic imine (C=N–C) groups is 1. The Morgan fingerprint density at radius 1 is 0.971 bits per heavy atom. The topological polar surface area (TPSA) is 104 Å². The van der Waals surface area contributed by atoms with Crippen LogP contribution in [0.1, 0.15) is 56.6 Å². The third kappa shape index (κ3) is 5.25. The van der Waals surface area contributed by atoms with Crippen molar-refractivity contribution in [3.8, 4) is 10.6 Å². The standard InChI is InChI=1S/C25H28N2O6S/c1-6-31-23(28)18-13-34-22(27-18)17-11-9-10-16(12-17)21-19(24(29)32-7-2)14(4)26-15(5)20(21)25(30)33-8-3/h9-13,19,21H,6-8H2,1-5H3. The summed E-state index contributed by atoms with van der Waals surface area (Å²) in [4.78, 5) is 46.9. The first-order valence-electron chi connectivity index (χ1n) is 11.1. The number of aromatic nitrogens is 1. The number of nitrogens with zero attached hydrogens (tertiary/aromatic N) is 2. The van der Waals surface area contributed by atoms with E-state index in [0.29, 0.717) is 22.0 Å². The van der Waals surface area contributed by atoms with Gasteiger partial charge in [-0.05, 0) is 46.2 Å². The van der Waals surface area contributed by atoms with Gasteiger partial charge in [0.15, 0.2) is 5.69 Å². The molecule has 0 N–H and O–H groups in total. The molecule has 0 bridgehead atoms. The normalized spacial score (nSPS) is 17.7.